The number of rotatable bonds is 6. The van der Waals surface area contributed by atoms with E-state index in [1.54, 1.807) is 18.3 Å². The van der Waals surface area contributed by atoms with Crippen LogP contribution in [0.1, 0.15) is 29.9 Å². The number of anilines is 1. The van der Waals surface area contributed by atoms with Crippen LogP contribution in [0, 0.1) is 0 Å². The predicted octanol–water partition coefficient (Wildman–Crippen LogP) is 3.61. The maximum Gasteiger partial charge on any atom is 0.248 e. The largest absolute Gasteiger partial charge is 0.366 e. The van der Waals surface area contributed by atoms with Gasteiger partial charge in [-0.05, 0) is 36.8 Å². The predicted molar refractivity (Wildman–Crippen MR) is 109 cm³/mol. The number of nitrogens with two attached hydrogens (primary N) is 1. The van der Waals surface area contributed by atoms with E-state index in [9.17, 15) is 4.79 Å². The fraction of sp³-hybridized carbons (Fsp3) is 0.143. The Morgan fingerprint density at radius 1 is 1.11 bits per heavy atom. The molecule has 0 aliphatic carbocycles. The molecule has 7 heteroatoms. The minimum atomic E-state index is -0.449. The summed E-state index contributed by atoms with van der Waals surface area (Å²) in [6.45, 7) is 2.10. The third kappa shape index (κ3) is 3.42. The lowest BCUT2D eigenvalue weighted by molar-refractivity contribution is 0.100. The zero-order valence-corrected chi connectivity index (χ0v) is 15.4. The first-order chi connectivity index (χ1) is 13.7. The van der Waals surface area contributed by atoms with Crippen molar-refractivity contribution in [1.29, 1.82) is 0 Å². The first-order valence-corrected chi connectivity index (χ1v) is 9.07. The van der Waals surface area contributed by atoms with Crippen LogP contribution in [0.4, 0.5) is 5.95 Å². The van der Waals surface area contributed by atoms with Gasteiger partial charge in [-0.1, -0.05) is 31.2 Å². The molecule has 0 saturated heterocycles. The van der Waals surface area contributed by atoms with Crippen LogP contribution in [-0.4, -0.2) is 25.4 Å². The van der Waals surface area contributed by atoms with Crippen molar-refractivity contribution in [3.05, 3.63) is 72.7 Å². The maximum atomic E-state index is 11.2. The van der Waals surface area contributed by atoms with Crippen molar-refractivity contribution in [3.63, 3.8) is 0 Å². The Labute approximate surface area is 162 Å². The lowest BCUT2D eigenvalue weighted by Gasteiger charge is -2.19. The Morgan fingerprint density at radius 3 is 2.64 bits per heavy atom. The van der Waals surface area contributed by atoms with Gasteiger partial charge in [-0.15, -0.1) is 0 Å². The number of primary amides is 1. The number of benzene rings is 2. The van der Waals surface area contributed by atoms with Gasteiger partial charge in [0, 0.05) is 17.3 Å². The van der Waals surface area contributed by atoms with Crippen molar-refractivity contribution in [2.75, 3.05) is 5.32 Å². The topological polar surface area (TPSA) is 98.7 Å². The van der Waals surface area contributed by atoms with Gasteiger partial charge in [0.15, 0.2) is 0 Å². The van der Waals surface area contributed by atoms with Crippen molar-refractivity contribution in [2.45, 2.75) is 19.5 Å². The average molecular weight is 372 g/mol. The average Bonchev–Trinajstić information content (AvgIpc) is 3.16. The highest BCUT2D eigenvalue weighted by atomic mass is 16.1. The van der Waals surface area contributed by atoms with E-state index in [2.05, 4.69) is 31.8 Å². The monoisotopic (exact) mass is 372 g/mol. The number of carbonyl (C=O) groups excluding carboxylic acids is 1. The van der Waals surface area contributed by atoms with Gasteiger partial charge in [-0.2, -0.15) is 0 Å². The number of aromatic nitrogens is 4. The van der Waals surface area contributed by atoms with Crippen molar-refractivity contribution >= 4 is 22.9 Å². The Balaban J connectivity index is 1.61. The molecule has 0 radical (unpaired) electrons. The number of amides is 1. The lowest BCUT2D eigenvalue weighted by Crippen LogP contribution is -2.18. The quantitative estimate of drug-likeness (QED) is 0.539. The molecule has 1 amide bonds. The molecular weight excluding hydrogens is 352 g/mol. The fourth-order valence-corrected chi connectivity index (χ4v) is 3.14. The normalized spacial score (nSPS) is 12.0. The highest BCUT2D eigenvalue weighted by molar-refractivity contribution is 5.93. The van der Waals surface area contributed by atoms with Gasteiger partial charge in [0.05, 0.1) is 23.1 Å². The molecule has 1 atom stereocenters. The minimum absolute atomic E-state index is 0.0279. The minimum Gasteiger partial charge on any atom is -0.366 e. The molecule has 28 heavy (non-hydrogen) atoms. The third-order valence-corrected chi connectivity index (χ3v) is 4.62. The van der Waals surface area contributed by atoms with Crippen molar-refractivity contribution in [1.82, 2.24) is 19.5 Å². The smallest absolute Gasteiger partial charge is 0.248 e. The van der Waals surface area contributed by atoms with E-state index >= 15 is 0 Å². The summed E-state index contributed by atoms with van der Waals surface area (Å²) in [6.07, 6.45) is 4.35. The van der Waals surface area contributed by atoms with E-state index in [1.807, 2.05) is 48.8 Å². The molecule has 2 heterocycles. The second-order valence-electron chi connectivity index (χ2n) is 6.42. The summed E-state index contributed by atoms with van der Waals surface area (Å²) >= 11 is 0. The third-order valence-electron chi connectivity index (χ3n) is 4.62. The van der Waals surface area contributed by atoms with Crippen molar-refractivity contribution in [2.24, 2.45) is 5.73 Å². The number of imidazole rings is 1. The molecule has 0 saturated carbocycles. The molecule has 0 fully saturated rings. The van der Waals surface area contributed by atoms with Crippen LogP contribution in [0.5, 0.6) is 0 Å². The molecule has 3 N–H and O–H groups in total. The summed E-state index contributed by atoms with van der Waals surface area (Å²) in [5.74, 6) is 0.0797. The standard InChI is InChI=1S/C21H20N6O/c1-2-19(27-13-24-17-5-3-4-6-18(17)27)26-21-23-12-11-16(25-21)14-7-9-15(10-8-14)20(22)28/h3-13,19H,2H2,1H3,(H2,22,28)(H,23,25,26). The number of para-hydroxylation sites is 2. The van der Waals surface area contributed by atoms with E-state index in [4.69, 9.17) is 5.73 Å². The van der Waals surface area contributed by atoms with Crippen LogP contribution in [0.2, 0.25) is 0 Å². The molecule has 2 aromatic heterocycles. The molecule has 7 nitrogen and oxygen atoms in total. The Bertz CT molecular complexity index is 1120. The first-order valence-electron chi connectivity index (χ1n) is 9.07. The number of fused-ring (bicyclic) bond motifs is 1. The van der Waals surface area contributed by atoms with E-state index in [1.165, 1.54) is 0 Å². The number of hydrogen-bond acceptors (Lipinski definition) is 5. The van der Waals surface area contributed by atoms with E-state index in [-0.39, 0.29) is 6.17 Å². The number of carbonyl (C=O) groups is 1. The van der Waals surface area contributed by atoms with Gasteiger partial charge >= 0.3 is 0 Å². The lowest BCUT2D eigenvalue weighted by atomic mass is 10.1. The summed E-state index contributed by atoms with van der Waals surface area (Å²) in [5.41, 5.74) is 9.42. The molecule has 0 spiro atoms. The Kier molecular flexibility index (Phi) is 4.72. The molecule has 0 bridgehead atoms. The first kappa shape index (κ1) is 17.7. The van der Waals surface area contributed by atoms with E-state index < -0.39 is 5.91 Å². The molecule has 140 valence electrons. The highest BCUT2D eigenvalue weighted by Crippen LogP contribution is 2.23. The fourth-order valence-electron chi connectivity index (χ4n) is 3.14. The van der Waals surface area contributed by atoms with Crippen molar-refractivity contribution in [3.8, 4) is 11.3 Å². The zero-order chi connectivity index (χ0) is 19.5. The molecule has 2 aromatic carbocycles. The molecule has 1 unspecified atom stereocenters. The van der Waals surface area contributed by atoms with Crippen LogP contribution in [0.15, 0.2) is 67.1 Å². The van der Waals surface area contributed by atoms with Crippen LogP contribution in [0.3, 0.4) is 0 Å². The van der Waals surface area contributed by atoms with Crippen molar-refractivity contribution < 1.29 is 4.79 Å². The molecule has 0 aliphatic heterocycles. The van der Waals surface area contributed by atoms with Crippen LogP contribution < -0.4 is 11.1 Å². The molecule has 4 aromatic rings. The Morgan fingerprint density at radius 2 is 1.89 bits per heavy atom. The SMILES string of the molecule is CCC(Nc1nccc(-c2ccc(C(N)=O)cc2)n1)n1cnc2ccccc21. The summed E-state index contributed by atoms with van der Waals surface area (Å²) in [6, 6.07) is 16.9. The van der Waals surface area contributed by atoms with Gasteiger partial charge in [-0.25, -0.2) is 15.0 Å². The summed E-state index contributed by atoms with van der Waals surface area (Å²) in [4.78, 5) is 24.7. The van der Waals surface area contributed by atoms with Crippen LogP contribution in [-0.2, 0) is 0 Å². The number of hydrogen-bond donors (Lipinski definition) is 2. The van der Waals surface area contributed by atoms with Crippen LogP contribution in [0.25, 0.3) is 22.3 Å². The molecule has 4 rings (SSSR count). The maximum absolute atomic E-state index is 11.2. The summed E-state index contributed by atoms with van der Waals surface area (Å²) in [7, 11) is 0. The summed E-state index contributed by atoms with van der Waals surface area (Å²) in [5, 5.41) is 3.39. The van der Waals surface area contributed by atoms with Gasteiger partial charge in [0.25, 0.3) is 0 Å². The second-order valence-corrected chi connectivity index (χ2v) is 6.42. The second kappa shape index (κ2) is 7.48. The summed E-state index contributed by atoms with van der Waals surface area (Å²) < 4.78 is 2.09. The van der Waals surface area contributed by atoms with E-state index in [0.717, 1.165) is 28.7 Å². The van der Waals surface area contributed by atoms with Gasteiger partial charge in [0.2, 0.25) is 11.9 Å². The van der Waals surface area contributed by atoms with Crippen LogP contribution >= 0.6 is 0 Å². The van der Waals surface area contributed by atoms with Gasteiger partial charge < -0.3 is 15.6 Å². The highest BCUT2D eigenvalue weighted by Gasteiger charge is 2.13. The Hall–Kier alpha value is -3.74. The van der Waals surface area contributed by atoms with E-state index in [0.29, 0.717) is 11.5 Å². The molecular formula is C21H20N6O. The molecule has 0 aliphatic rings. The number of nitrogens with one attached hydrogen (secondary N) is 1. The zero-order valence-electron chi connectivity index (χ0n) is 15.4. The number of nitrogens with zero attached hydrogens (tertiary/aromatic N) is 4. The van der Waals surface area contributed by atoms with Gasteiger partial charge in [-0.3, -0.25) is 4.79 Å². The van der Waals surface area contributed by atoms with Gasteiger partial charge in [0.1, 0.15) is 6.17 Å².